The lowest BCUT2D eigenvalue weighted by atomic mass is 10.1. The molecule has 0 bridgehead atoms. The second-order valence-corrected chi connectivity index (χ2v) is 4.99. The van der Waals surface area contributed by atoms with Gasteiger partial charge in [0.15, 0.2) is 0 Å². The number of carbonyl (C=O) groups excluding carboxylic acids is 1. The molecule has 0 saturated heterocycles. The first-order chi connectivity index (χ1) is 11.5. The molecule has 0 spiro atoms. The summed E-state index contributed by atoms with van der Waals surface area (Å²) in [5.74, 6) is -0.569. The Labute approximate surface area is 139 Å². The van der Waals surface area contributed by atoms with E-state index in [1.54, 1.807) is 6.07 Å². The van der Waals surface area contributed by atoms with Crippen molar-refractivity contribution in [3.63, 3.8) is 0 Å². The fourth-order valence-corrected chi connectivity index (χ4v) is 2.10. The third-order valence-corrected chi connectivity index (χ3v) is 3.19. The SMILES string of the molecule is O=C(Nc1nn[nH]n1)c1cc(Cl)cc(-c2ccc([N+](=O)[O-])cc2)n1. The van der Waals surface area contributed by atoms with Gasteiger partial charge < -0.3 is 0 Å². The predicted molar refractivity (Wildman–Crippen MR) is 83.5 cm³/mol. The van der Waals surface area contributed by atoms with E-state index in [1.165, 1.54) is 30.3 Å². The maximum absolute atomic E-state index is 12.1. The summed E-state index contributed by atoms with van der Waals surface area (Å²) in [5.41, 5.74) is 0.976. The summed E-state index contributed by atoms with van der Waals surface area (Å²) < 4.78 is 0. The van der Waals surface area contributed by atoms with Crippen LogP contribution in [0.1, 0.15) is 10.5 Å². The van der Waals surface area contributed by atoms with Crippen molar-refractivity contribution in [1.29, 1.82) is 0 Å². The molecule has 2 N–H and O–H groups in total. The first kappa shape index (κ1) is 15.5. The van der Waals surface area contributed by atoms with Crippen LogP contribution in [0.2, 0.25) is 5.02 Å². The number of benzene rings is 1. The van der Waals surface area contributed by atoms with E-state index in [0.29, 0.717) is 11.3 Å². The number of rotatable bonds is 4. The number of carbonyl (C=O) groups is 1. The lowest BCUT2D eigenvalue weighted by molar-refractivity contribution is -0.384. The third kappa shape index (κ3) is 3.33. The lowest BCUT2D eigenvalue weighted by Gasteiger charge is -2.05. The van der Waals surface area contributed by atoms with Gasteiger partial charge in [0.2, 0.25) is 0 Å². The molecule has 3 aromatic rings. The van der Waals surface area contributed by atoms with Crippen molar-refractivity contribution < 1.29 is 9.72 Å². The number of aromatic amines is 1. The Balaban J connectivity index is 1.91. The van der Waals surface area contributed by atoms with Crippen molar-refractivity contribution in [3.05, 3.63) is 57.2 Å². The highest BCUT2D eigenvalue weighted by atomic mass is 35.5. The van der Waals surface area contributed by atoms with Crippen LogP contribution in [0.5, 0.6) is 0 Å². The number of amides is 1. The summed E-state index contributed by atoms with van der Waals surface area (Å²) in [7, 11) is 0. The molecule has 24 heavy (non-hydrogen) atoms. The molecule has 0 aliphatic carbocycles. The normalized spacial score (nSPS) is 10.4. The number of nitro benzene ring substituents is 1. The summed E-state index contributed by atoms with van der Waals surface area (Å²) in [6.07, 6.45) is 0. The van der Waals surface area contributed by atoms with Gasteiger partial charge in [-0.05, 0) is 29.5 Å². The Bertz CT molecular complexity index is 896. The second kappa shape index (κ2) is 6.38. The number of nitrogens with one attached hydrogen (secondary N) is 2. The number of aromatic nitrogens is 5. The van der Waals surface area contributed by atoms with Gasteiger partial charge in [0.1, 0.15) is 5.69 Å². The molecule has 1 amide bonds. The highest BCUT2D eigenvalue weighted by molar-refractivity contribution is 6.31. The molecule has 2 heterocycles. The van der Waals surface area contributed by atoms with Crippen molar-refractivity contribution in [1.82, 2.24) is 25.6 Å². The fourth-order valence-electron chi connectivity index (χ4n) is 1.90. The number of tetrazole rings is 1. The molecule has 0 fully saturated rings. The molecule has 0 saturated carbocycles. The van der Waals surface area contributed by atoms with E-state index >= 15 is 0 Å². The lowest BCUT2D eigenvalue weighted by Crippen LogP contribution is -2.15. The number of hydrogen-bond donors (Lipinski definition) is 2. The largest absolute Gasteiger partial charge is 0.286 e. The van der Waals surface area contributed by atoms with Gasteiger partial charge in [-0.15, -0.1) is 5.10 Å². The average Bonchev–Trinajstić information content (AvgIpc) is 3.07. The highest BCUT2D eigenvalue weighted by Gasteiger charge is 2.14. The number of pyridine rings is 1. The standard InChI is InChI=1S/C13H8ClN7O3/c14-8-5-10(7-1-3-9(4-2-7)21(23)24)15-11(6-8)12(22)16-13-17-19-20-18-13/h1-6H,(H2,16,17,18,19,20,22). The number of halogens is 1. The van der Waals surface area contributed by atoms with Crippen LogP contribution in [0.15, 0.2) is 36.4 Å². The number of anilines is 1. The zero-order valence-electron chi connectivity index (χ0n) is 11.8. The van der Waals surface area contributed by atoms with Crippen LogP contribution in [0.25, 0.3) is 11.3 Å². The van der Waals surface area contributed by atoms with Crippen molar-refractivity contribution in [2.45, 2.75) is 0 Å². The molecule has 1 aromatic carbocycles. The topological polar surface area (TPSA) is 140 Å². The Morgan fingerprint density at radius 1 is 1.25 bits per heavy atom. The Hall–Kier alpha value is -3.40. The fraction of sp³-hybridized carbons (Fsp3) is 0. The maximum atomic E-state index is 12.1. The molecular formula is C13H8ClN7O3. The number of nitro groups is 1. The minimum absolute atomic E-state index is 0.00124. The van der Waals surface area contributed by atoms with Gasteiger partial charge in [-0.3, -0.25) is 20.2 Å². The van der Waals surface area contributed by atoms with Gasteiger partial charge in [0.05, 0.1) is 10.6 Å². The van der Waals surface area contributed by atoms with Gasteiger partial charge in [0.25, 0.3) is 17.5 Å². The van der Waals surface area contributed by atoms with E-state index < -0.39 is 10.8 Å². The van der Waals surface area contributed by atoms with E-state index in [2.05, 4.69) is 30.9 Å². The van der Waals surface area contributed by atoms with Gasteiger partial charge in [-0.1, -0.05) is 16.7 Å². The molecule has 0 aliphatic heterocycles. The molecule has 10 nitrogen and oxygen atoms in total. The van der Waals surface area contributed by atoms with Crippen molar-refractivity contribution in [2.75, 3.05) is 5.32 Å². The van der Waals surface area contributed by atoms with Crippen LogP contribution in [-0.4, -0.2) is 36.4 Å². The third-order valence-electron chi connectivity index (χ3n) is 2.97. The molecule has 120 valence electrons. The predicted octanol–water partition coefficient (Wildman–Crippen LogP) is 2.08. The van der Waals surface area contributed by atoms with Crippen molar-refractivity contribution in [2.24, 2.45) is 0 Å². The van der Waals surface area contributed by atoms with Crippen molar-refractivity contribution >= 4 is 29.1 Å². The first-order valence-electron chi connectivity index (χ1n) is 6.50. The Morgan fingerprint density at radius 3 is 2.62 bits per heavy atom. The summed E-state index contributed by atoms with van der Waals surface area (Å²) in [4.78, 5) is 26.5. The van der Waals surface area contributed by atoms with Gasteiger partial charge in [-0.25, -0.2) is 4.98 Å². The summed E-state index contributed by atoms with van der Waals surface area (Å²) in [6, 6.07) is 8.67. The number of non-ortho nitro benzene ring substituents is 1. The minimum atomic E-state index is -0.568. The first-order valence-corrected chi connectivity index (χ1v) is 6.88. The number of H-pyrrole nitrogens is 1. The van der Waals surface area contributed by atoms with E-state index in [0.717, 1.165) is 0 Å². The monoisotopic (exact) mass is 345 g/mol. The van der Waals surface area contributed by atoms with E-state index in [9.17, 15) is 14.9 Å². The number of nitrogens with zero attached hydrogens (tertiary/aromatic N) is 5. The van der Waals surface area contributed by atoms with E-state index in [-0.39, 0.29) is 22.4 Å². The molecular weight excluding hydrogens is 338 g/mol. The molecule has 0 atom stereocenters. The van der Waals surface area contributed by atoms with Gasteiger partial charge in [0, 0.05) is 22.7 Å². The minimum Gasteiger partial charge on any atom is -0.286 e. The van der Waals surface area contributed by atoms with E-state index in [1.807, 2.05) is 0 Å². The van der Waals surface area contributed by atoms with Crippen LogP contribution in [0, 0.1) is 10.1 Å². The van der Waals surface area contributed by atoms with Gasteiger partial charge >= 0.3 is 0 Å². The zero-order valence-corrected chi connectivity index (χ0v) is 12.6. The Kier molecular flexibility index (Phi) is 4.12. The summed E-state index contributed by atoms with van der Waals surface area (Å²) in [5, 5.41) is 26.1. The van der Waals surface area contributed by atoms with Gasteiger partial charge in [-0.2, -0.15) is 5.21 Å². The van der Waals surface area contributed by atoms with Crippen LogP contribution in [0.3, 0.4) is 0 Å². The maximum Gasteiger partial charge on any atom is 0.276 e. The van der Waals surface area contributed by atoms with Crippen molar-refractivity contribution in [3.8, 4) is 11.3 Å². The zero-order chi connectivity index (χ0) is 17.1. The molecule has 11 heteroatoms. The second-order valence-electron chi connectivity index (χ2n) is 4.55. The Morgan fingerprint density at radius 2 is 2.00 bits per heavy atom. The molecule has 0 radical (unpaired) electrons. The molecule has 0 unspecified atom stereocenters. The average molecular weight is 346 g/mol. The quantitative estimate of drug-likeness (QED) is 0.544. The molecule has 0 aliphatic rings. The van der Waals surface area contributed by atoms with Crippen LogP contribution in [-0.2, 0) is 0 Å². The molecule has 3 rings (SSSR count). The highest BCUT2D eigenvalue weighted by Crippen LogP contribution is 2.24. The smallest absolute Gasteiger partial charge is 0.276 e. The van der Waals surface area contributed by atoms with E-state index in [4.69, 9.17) is 11.6 Å². The van der Waals surface area contributed by atoms with Crippen LogP contribution >= 0.6 is 11.6 Å². The van der Waals surface area contributed by atoms with Crippen LogP contribution < -0.4 is 5.32 Å². The summed E-state index contributed by atoms with van der Waals surface area (Å²) in [6.45, 7) is 0. The molecule has 2 aromatic heterocycles. The number of hydrogen-bond acceptors (Lipinski definition) is 7. The van der Waals surface area contributed by atoms with Crippen LogP contribution in [0.4, 0.5) is 11.6 Å². The summed E-state index contributed by atoms with van der Waals surface area (Å²) >= 11 is 6.03.